The van der Waals surface area contributed by atoms with Crippen LogP contribution in [0.4, 0.5) is 0 Å². The first-order valence-corrected chi connectivity index (χ1v) is 6.58. The van der Waals surface area contributed by atoms with E-state index in [0.29, 0.717) is 16.7 Å². The van der Waals surface area contributed by atoms with E-state index in [1.807, 2.05) is 30.0 Å². The Morgan fingerprint density at radius 1 is 1.33 bits per heavy atom. The highest BCUT2D eigenvalue weighted by atomic mass is 79.9. The summed E-state index contributed by atoms with van der Waals surface area (Å²) in [6, 6.07) is 8.03. The van der Waals surface area contributed by atoms with Crippen LogP contribution in [0.1, 0.15) is 26.3 Å². The van der Waals surface area contributed by atoms with Crippen molar-refractivity contribution in [3.8, 4) is 6.07 Å². The van der Waals surface area contributed by atoms with Gasteiger partial charge in [0, 0.05) is 14.6 Å². The number of nitrogens with zero attached hydrogens (tertiary/aromatic N) is 1. The number of benzene rings is 1. The fourth-order valence-corrected chi connectivity index (χ4v) is 2.66. The van der Waals surface area contributed by atoms with Crippen LogP contribution in [0.15, 0.2) is 27.6 Å². The maximum atomic E-state index is 8.79. The SMILES string of the molecule is CC(C)C(C)Sc1ccc(C#N)c(Br)c1. The van der Waals surface area contributed by atoms with Crippen molar-refractivity contribution in [3.63, 3.8) is 0 Å². The van der Waals surface area contributed by atoms with Gasteiger partial charge in [0.15, 0.2) is 0 Å². The van der Waals surface area contributed by atoms with E-state index in [2.05, 4.69) is 42.8 Å². The second-order valence-corrected chi connectivity index (χ2v) is 6.13. The van der Waals surface area contributed by atoms with Crippen molar-refractivity contribution < 1.29 is 0 Å². The minimum atomic E-state index is 0.588. The highest BCUT2D eigenvalue weighted by molar-refractivity contribution is 9.10. The average molecular weight is 284 g/mol. The molecule has 0 saturated carbocycles. The molecule has 0 aromatic heterocycles. The molecule has 0 radical (unpaired) electrons. The van der Waals surface area contributed by atoms with E-state index in [-0.39, 0.29) is 0 Å². The predicted octanol–water partition coefficient (Wildman–Crippen LogP) is 4.46. The van der Waals surface area contributed by atoms with Gasteiger partial charge in [0.25, 0.3) is 0 Å². The fourth-order valence-electron chi connectivity index (χ4n) is 1.01. The van der Waals surface area contributed by atoms with Crippen molar-refractivity contribution in [2.45, 2.75) is 30.9 Å². The first-order chi connectivity index (χ1) is 7.04. The molecule has 0 heterocycles. The van der Waals surface area contributed by atoms with Crippen LogP contribution in [-0.2, 0) is 0 Å². The minimum Gasteiger partial charge on any atom is -0.192 e. The molecule has 80 valence electrons. The highest BCUT2D eigenvalue weighted by Gasteiger charge is 2.09. The maximum absolute atomic E-state index is 8.79. The lowest BCUT2D eigenvalue weighted by atomic mass is 10.2. The molecular formula is C12H14BrNS. The number of halogens is 1. The third kappa shape index (κ3) is 3.55. The van der Waals surface area contributed by atoms with E-state index in [0.717, 1.165) is 4.47 Å². The lowest BCUT2D eigenvalue weighted by molar-refractivity contribution is 0.642. The van der Waals surface area contributed by atoms with Gasteiger partial charge in [-0.1, -0.05) is 20.8 Å². The van der Waals surface area contributed by atoms with E-state index in [9.17, 15) is 0 Å². The molecule has 0 aliphatic carbocycles. The van der Waals surface area contributed by atoms with Crippen molar-refractivity contribution in [2.24, 2.45) is 5.92 Å². The summed E-state index contributed by atoms with van der Waals surface area (Å²) in [6.07, 6.45) is 0. The molecule has 0 aliphatic rings. The van der Waals surface area contributed by atoms with Crippen molar-refractivity contribution in [1.82, 2.24) is 0 Å². The normalized spacial score (nSPS) is 12.5. The summed E-state index contributed by atoms with van der Waals surface area (Å²) in [5.74, 6) is 0.657. The molecule has 3 heteroatoms. The first-order valence-electron chi connectivity index (χ1n) is 4.91. The third-order valence-electron chi connectivity index (χ3n) is 2.32. The molecule has 1 rings (SSSR count). The van der Waals surface area contributed by atoms with Crippen LogP contribution in [0.5, 0.6) is 0 Å². The van der Waals surface area contributed by atoms with Crippen LogP contribution in [0.3, 0.4) is 0 Å². The van der Waals surface area contributed by atoms with Gasteiger partial charge in [-0.2, -0.15) is 5.26 Å². The van der Waals surface area contributed by atoms with Crippen LogP contribution in [0.2, 0.25) is 0 Å². The molecule has 0 saturated heterocycles. The summed E-state index contributed by atoms with van der Waals surface area (Å²) in [6.45, 7) is 6.66. The summed E-state index contributed by atoms with van der Waals surface area (Å²) < 4.78 is 0.881. The van der Waals surface area contributed by atoms with Crippen molar-refractivity contribution in [2.75, 3.05) is 0 Å². The Balaban J connectivity index is 2.81. The maximum Gasteiger partial charge on any atom is 0.100 e. The molecule has 0 amide bonds. The average Bonchev–Trinajstić information content (AvgIpc) is 2.18. The predicted molar refractivity (Wildman–Crippen MR) is 69.0 cm³/mol. The van der Waals surface area contributed by atoms with Crippen molar-refractivity contribution >= 4 is 27.7 Å². The van der Waals surface area contributed by atoms with Gasteiger partial charge >= 0.3 is 0 Å². The molecule has 15 heavy (non-hydrogen) atoms. The van der Waals surface area contributed by atoms with Gasteiger partial charge in [-0.25, -0.2) is 0 Å². The lowest BCUT2D eigenvalue weighted by Gasteiger charge is -2.15. The molecular weight excluding hydrogens is 270 g/mol. The number of hydrogen-bond donors (Lipinski definition) is 0. The first kappa shape index (κ1) is 12.6. The highest BCUT2D eigenvalue weighted by Crippen LogP contribution is 2.30. The molecule has 1 nitrogen and oxygen atoms in total. The van der Waals surface area contributed by atoms with Gasteiger partial charge < -0.3 is 0 Å². The second kappa shape index (κ2) is 5.58. The minimum absolute atomic E-state index is 0.588. The summed E-state index contributed by atoms with van der Waals surface area (Å²) in [7, 11) is 0. The van der Waals surface area contributed by atoms with E-state index in [1.165, 1.54) is 4.90 Å². The second-order valence-electron chi connectivity index (χ2n) is 3.82. The van der Waals surface area contributed by atoms with Gasteiger partial charge in [0.1, 0.15) is 6.07 Å². The zero-order valence-electron chi connectivity index (χ0n) is 9.12. The van der Waals surface area contributed by atoms with Gasteiger partial charge in [-0.05, 0) is 40.0 Å². The van der Waals surface area contributed by atoms with E-state index >= 15 is 0 Å². The van der Waals surface area contributed by atoms with Crippen LogP contribution in [0.25, 0.3) is 0 Å². The number of hydrogen-bond acceptors (Lipinski definition) is 2. The lowest BCUT2D eigenvalue weighted by Crippen LogP contribution is -2.04. The Morgan fingerprint density at radius 3 is 2.47 bits per heavy atom. The van der Waals surface area contributed by atoms with Crippen LogP contribution in [-0.4, -0.2) is 5.25 Å². The zero-order chi connectivity index (χ0) is 11.4. The number of nitriles is 1. The molecule has 1 aromatic rings. The van der Waals surface area contributed by atoms with Crippen LogP contribution >= 0.6 is 27.7 Å². The van der Waals surface area contributed by atoms with Gasteiger partial charge in [-0.3, -0.25) is 0 Å². The third-order valence-corrected chi connectivity index (χ3v) is 4.42. The molecule has 1 unspecified atom stereocenters. The van der Waals surface area contributed by atoms with E-state index in [1.54, 1.807) is 0 Å². The quantitative estimate of drug-likeness (QED) is 0.765. The van der Waals surface area contributed by atoms with Gasteiger partial charge in [-0.15, -0.1) is 11.8 Å². The molecule has 1 aromatic carbocycles. The Morgan fingerprint density at radius 2 is 2.00 bits per heavy atom. The largest absolute Gasteiger partial charge is 0.192 e. The molecule has 0 N–H and O–H groups in total. The standard InChI is InChI=1S/C12H14BrNS/c1-8(2)9(3)15-11-5-4-10(7-14)12(13)6-11/h4-6,8-9H,1-3H3. The monoisotopic (exact) mass is 283 g/mol. The van der Waals surface area contributed by atoms with Gasteiger partial charge in [0.2, 0.25) is 0 Å². The molecule has 0 fully saturated rings. The molecule has 0 spiro atoms. The summed E-state index contributed by atoms with van der Waals surface area (Å²) >= 11 is 5.24. The number of rotatable bonds is 3. The molecule has 0 bridgehead atoms. The zero-order valence-corrected chi connectivity index (χ0v) is 11.5. The van der Waals surface area contributed by atoms with E-state index in [4.69, 9.17) is 5.26 Å². The molecule has 1 atom stereocenters. The van der Waals surface area contributed by atoms with Crippen molar-refractivity contribution in [1.29, 1.82) is 5.26 Å². The topological polar surface area (TPSA) is 23.8 Å². The Labute approximate surface area is 104 Å². The summed E-state index contributed by atoms with van der Waals surface area (Å²) in [5.41, 5.74) is 0.691. The Hall–Kier alpha value is -0.460. The number of thioether (sulfide) groups is 1. The van der Waals surface area contributed by atoms with Crippen molar-refractivity contribution in [3.05, 3.63) is 28.2 Å². The van der Waals surface area contributed by atoms with Gasteiger partial charge in [0.05, 0.1) is 5.56 Å². The summed E-state index contributed by atoms with van der Waals surface area (Å²) in [4.78, 5) is 1.21. The summed E-state index contributed by atoms with van der Waals surface area (Å²) in [5, 5.41) is 9.38. The molecule has 0 aliphatic heterocycles. The van der Waals surface area contributed by atoms with Crippen LogP contribution in [0, 0.1) is 17.2 Å². The smallest absolute Gasteiger partial charge is 0.100 e. The van der Waals surface area contributed by atoms with E-state index < -0.39 is 0 Å². The van der Waals surface area contributed by atoms with Crippen LogP contribution < -0.4 is 0 Å². The fraction of sp³-hybridized carbons (Fsp3) is 0.417. The Kier molecular flexibility index (Phi) is 4.69. The Bertz CT molecular complexity index is 382.